The van der Waals surface area contributed by atoms with E-state index in [2.05, 4.69) is 11.2 Å². The van der Waals surface area contributed by atoms with Crippen LogP contribution in [0.1, 0.15) is 29.8 Å². The molecule has 2 aromatic rings. The lowest BCUT2D eigenvalue weighted by Gasteiger charge is -2.11. The summed E-state index contributed by atoms with van der Waals surface area (Å²) in [6, 6.07) is 13.1. The van der Waals surface area contributed by atoms with Crippen molar-refractivity contribution >= 4 is 23.6 Å². The summed E-state index contributed by atoms with van der Waals surface area (Å²) in [5, 5.41) is 12.1. The van der Waals surface area contributed by atoms with Crippen LogP contribution in [0.25, 0.3) is 6.08 Å². The van der Waals surface area contributed by atoms with Crippen molar-refractivity contribution in [2.75, 3.05) is 25.1 Å². The van der Waals surface area contributed by atoms with E-state index in [0.29, 0.717) is 34.9 Å². The summed E-state index contributed by atoms with van der Waals surface area (Å²) in [6.07, 6.45) is 6.66. The van der Waals surface area contributed by atoms with Gasteiger partial charge in [0.2, 0.25) is 0 Å². The molecule has 1 amide bonds. The fourth-order valence-electron chi connectivity index (χ4n) is 2.54. The predicted molar refractivity (Wildman–Crippen MR) is 117 cm³/mol. The highest BCUT2D eigenvalue weighted by molar-refractivity contribution is 6.09. The molecular weight excluding hydrogens is 396 g/mol. The van der Waals surface area contributed by atoms with Crippen molar-refractivity contribution in [2.45, 2.75) is 13.8 Å². The molecule has 0 bridgehead atoms. The van der Waals surface area contributed by atoms with Crippen LogP contribution in [0.2, 0.25) is 0 Å². The standard InChI is InChI=1S/C24H22N2O5/c1-4-13-31-21-12-7-17(15-22(21)29-5-2)14-19(16-25)23(27)26-20-10-8-18(9-11-20)24(28)30-6-3/h1,7-12,14-15H,5-6,13H2,2-3H3,(H,26,27)/b19-14+. The van der Waals surface area contributed by atoms with E-state index >= 15 is 0 Å². The number of nitrogens with zero attached hydrogens (tertiary/aromatic N) is 1. The highest BCUT2D eigenvalue weighted by Crippen LogP contribution is 2.29. The van der Waals surface area contributed by atoms with Crippen molar-refractivity contribution in [1.29, 1.82) is 5.26 Å². The van der Waals surface area contributed by atoms with Crippen molar-refractivity contribution in [1.82, 2.24) is 0 Å². The summed E-state index contributed by atoms with van der Waals surface area (Å²) in [7, 11) is 0. The summed E-state index contributed by atoms with van der Waals surface area (Å²) in [6.45, 7) is 4.32. The third kappa shape index (κ3) is 6.66. The second kappa shape index (κ2) is 11.7. The molecule has 0 saturated carbocycles. The van der Waals surface area contributed by atoms with Crippen LogP contribution >= 0.6 is 0 Å². The number of carbonyl (C=O) groups is 2. The Kier molecular flexibility index (Phi) is 8.70. The van der Waals surface area contributed by atoms with Crippen molar-refractivity contribution in [3.05, 3.63) is 59.2 Å². The molecule has 1 N–H and O–H groups in total. The van der Waals surface area contributed by atoms with Gasteiger partial charge in [-0.3, -0.25) is 4.79 Å². The van der Waals surface area contributed by atoms with Crippen molar-refractivity contribution in [2.24, 2.45) is 0 Å². The maximum absolute atomic E-state index is 12.5. The third-order valence-corrected chi connectivity index (χ3v) is 3.91. The van der Waals surface area contributed by atoms with Gasteiger partial charge in [0.05, 0.1) is 18.8 Å². The summed E-state index contributed by atoms with van der Waals surface area (Å²) >= 11 is 0. The first-order chi connectivity index (χ1) is 15.0. The molecule has 0 aliphatic rings. The average molecular weight is 418 g/mol. The number of terminal acetylenes is 1. The van der Waals surface area contributed by atoms with E-state index in [1.165, 1.54) is 18.2 Å². The van der Waals surface area contributed by atoms with Crippen LogP contribution in [-0.4, -0.2) is 31.7 Å². The van der Waals surface area contributed by atoms with Gasteiger partial charge in [-0.1, -0.05) is 12.0 Å². The molecule has 2 aromatic carbocycles. The number of ether oxygens (including phenoxy) is 3. The van der Waals surface area contributed by atoms with Crippen LogP contribution in [0.15, 0.2) is 48.0 Å². The smallest absolute Gasteiger partial charge is 0.338 e. The van der Waals surface area contributed by atoms with E-state index in [9.17, 15) is 14.9 Å². The number of amides is 1. The number of anilines is 1. The fraction of sp³-hybridized carbons (Fsp3) is 0.208. The Morgan fingerprint density at radius 1 is 1.06 bits per heavy atom. The maximum Gasteiger partial charge on any atom is 0.338 e. The number of nitriles is 1. The molecule has 0 aliphatic carbocycles. The van der Waals surface area contributed by atoms with Crippen LogP contribution in [0, 0.1) is 23.7 Å². The summed E-state index contributed by atoms with van der Waals surface area (Å²) < 4.78 is 15.9. The normalized spacial score (nSPS) is 10.4. The Hall–Kier alpha value is -4.23. The molecule has 0 heterocycles. The van der Waals surface area contributed by atoms with Gasteiger partial charge in [0.1, 0.15) is 18.2 Å². The molecule has 0 radical (unpaired) electrons. The molecule has 7 nitrogen and oxygen atoms in total. The van der Waals surface area contributed by atoms with Gasteiger partial charge in [-0.15, -0.1) is 6.42 Å². The van der Waals surface area contributed by atoms with Gasteiger partial charge in [0, 0.05) is 5.69 Å². The zero-order valence-electron chi connectivity index (χ0n) is 17.3. The van der Waals surface area contributed by atoms with E-state index in [1.807, 2.05) is 13.0 Å². The van der Waals surface area contributed by atoms with E-state index in [0.717, 1.165) is 0 Å². The van der Waals surface area contributed by atoms with E-state index in [-0.39, 0.29) is 18.8 Å². The monoisotopic (exact) mass is 418 g/mol. The Balaban J connectivity index is 2.18. The van der Waals surface area contributed by atoms with Crippen molar-refractivity contribution < 1.29 is 23.8 Å². The molecule has 158 valence electrons. The summed E-state index contributed by atoms with van der Waals surface area (Å²) in [5.41, 5.74) is 1.29. The molecule has 0 saturated heterocycles. The first-order valence-corrected chi connectivity index (χ1v) is 9.55. The quantitative estimate of drug-likeness (QED) is 0.288. The van der Waals surface area contributed by atoms with Crippen molar-refractivity contribution in [3.63, 3.8) is 0 Å². The van der Waals surface area contributed by atoms with E-state index < -0.39 is 11.9 Å². The van der Waals surface area contributed by atoms with Gasteiger partial charge < -0.3 is 19.5 Å². The number of benzene rings is 2. The number of nitrogens with one attached hydrogen (secondary N) is 1. The number of carbonyl (C=O) groups excluding carboxylic acids is 2. The topological polar surface area (TPSA) is 97.7 Å². The molecular formula is C24H22N2O5. The van der Waals surface area contributed by atoms with Crippen LogP contribution in [0.3, 0.4) is 0 Å². The van der Waals surface area contributed by atoms with Gasteiger partial charge in [-0.25, -0.2) is 4.79 Å². The minimum atomic E-state index is -0.586. The lowest BCUT2D eigenvalue weighted by Crippen LogP contribution is -2.13. The first-order valence-electron chi connectivity index (χ1n) is 9.55. The zero-order valence-corrected chi connectivity index (χ0v) is 17.3. The third-order valence-electron chi connectivity index (χ3n) is 3.91. The highest BCUT2D eigenvalue weighted by Gasteiger charge is 2.12. The Morgan fingerprint density at radius 2 is 1.81 bits per heavy atom. The van der Waals surface area contributed by atoms with Crippen LogP contribution in [-0.2, 0) is 9.53 Å². The minimum absolute atomic E-state index is 0.0933. The number of rotatable bonds is 9. The fourth-order valence-corrected chi connectivity index (χ4v) is 2.54. The Morgan fingerprint density at radius 3 is 2.42 bits per heavy atom. The van der Waals surface area contributed by atoms with Gasteiger partial charge >= 0.3 is 5.97 Å². The average Bonchev–Trinajstić information content (AvgIpc) is 2.77. The molecule has 2 rings (SSSR count). The second-order valence-electron chi connectivity index (χ2n) is 6.05. The maximum atomic E-state index is 12.5. The molecule has 0 aliphatic heterocycles. The Bertz CT molecular complexity index is 1040. The second-order valence-corrected chi connectivity index (χ2v) is 6.05. The number of esters is 1. The highest BCUT2D eigenvalue weighted by atomic mass is 16.5. The molecule has 7 heteroatoms. The van der Waals surface area contributed by atoms with Gasteiger partial charge in [-0.2, -0.15) is 5.26 Å². The Labute approximate surface area is 181 Å². The predicted octanol–water partition coefficient (Wildman–Crippen LogP) is 3.82. The lowest BCUT2D eigenvalue weighted by molar-refractivity contribution is -0.112. The van der Waals surface area contributed by atoms with Crippen LogP contribution in [0.4, 0.5) is 5.69 Å². The first kappa shape index (κ1) is 23.1. The molecule has 0 fully saturated rings. The summed E-state index contributed by atoms with van der Waals surface area (Å²) in [4.78, 5) is 24.2. The van der Waals surface area contributed by atoms with Gasteiger partial charge in [-0.05, 0) is 61.9 Å². The molecule has 0 aromatic heterocycles. The lowest BCUT2D eigenvalue weighted by atomic mass is 10.1. The van der Waals surface area contributed by atoms with E-state index in [1.54, 1.807) is 37.3 Å². The number of hydrogen-bond donors (Lipinski definition) is 1. The van der Waals surface area contributed by atoms with E-state index in [4.69, 9.17) is 20.6 Å². The SMILES string of the molecule is C#CCOc1ccc(/C=C(\C#N)C(=O)Nc2ccc(C(=O)OCC)cc2)cc1OCC. The summed E-state index contributed by atoms with van der Waals surface area (Å²) in [5.74, 6) is 2.28. The van der Waals surface area contributed by atoms with Crippen LogP contribution in [0.5, 0.6) is 11.5 Å². The molecule has 0 atom stereocenters. The molecule has 31 heavy (non-hydrogen) atoms. The largest absolute Gasteiger partial charge is 0.490 e. The molecule has 0 spiro atoms. The van der Waals surface area contributed by atoms with Gasteiger partial charge in [0.25, 0.3) is 5.91 Å². The zero-order chi connectivity index (χ0) is 22.6. The van der Waals surface area contributed by atoms with Crippen LogP contribution < -0.4 is 14.8 Å². The number of hydrogen-bond acceptors (Lipinski definition) is 6. The van der Waals surface area contributed by atoms with Gasteiger partial charge in [0.15, 0.2) is 11.5 Å². The van der Waals surface area contributed by atoms with Crippen molar-refractivity contribution in [3.8, 4) is 29.9 Å². The molecule has 0 unspecified atom stereocenters. The minimum Gasteiger partial charge on any atom is -0.490 e.